The van der Waals surface area contributed by atoms with E-state index in [2.05, 4.69) is 15.5 Å². The van der Waals surface area contributed by atoms with Crippen molar-refractivity contribution in [1.29, 1.82) is 0 Å². The third-order valence-corrected chi connectivity index (χ3v) is 3.06. The van der Waals surface area contributed by atoms with Crippen molar-refractivity contribution in [3.05, 3.63) is 47.1 Å². The largest absolute Gasteiger partial charge is 0.435 e. The van der Waals surface area contributed by atoms with Crippen molar-refractivity contribution < 1.29 is 18.0 Å². The fourth-order valence-corrected chi connectivity index (χ4v) is 1.93. The van der Waals surface area contributed by atoms with Gasteiger partial charge in [-0.05, 0) is 30.3 Å². The number of hydrogen-bond donors (Lipinski definition) is 1. The van der Waals surface area contributed by atoms with E-state index in [0.717, 1.165) is 12.1 Å². The third-order valence-electron chi connectivity index (χ3n) is 2.82. The van der Waals surface area contributed by atoms with E-state index in [1.54, 1.807) is 24.3 Å². The summed E-state index contributed by atoms with van der Waals surface area (Å²) in [5, 5.41) is 9.68. The van der Waals surface area contributed by atoms with Crippen LogP contribution in [-0.4, -0.2) is 29.7 Å². The Bertz CT molecular complexity index is 691. The zero-order valence-corrected chi connectivity index (χ0v) is 12.7. The maximum absolute atomic E-state index is 12.4. The average Bonchev–Trinajstić information content (AvgIpc) is 2.46. The molecular formula is C14H12ClF3N4O. The van der Waals surface area contributed by atoms with E-state index in [4.69, 9.17) is 11.6 Å². The first-order valence-electron chi connectivity index (χ1n) is 6.43. The summed E-state index contributed by atoms with van der Waals surface area (Å²) in [6, 6.07) is 8.57. The number of nitrogens with one attached hydrogen (secondary N) is 1. The molecule has 1 heterocycles. The van der Waals surface area contributed by atoms with Gasteiger partial charge in [-0.15, -0.1) is 10.2 Å². The van der Waals surface area contributed by atoms with Crippen molar-refractivity contribution in [1.82, 2.24) is 10.2 Å². The van der Waals surface area contributed by atoms with Gasteiger partial charge in [-0.1, -0.05) is 17.7 Å². The molecule has 9 heteroatoms. The van der Waals surface area contributed by atoms with Crippen LogP contribution in [-0.2, 0) is 11.0 Å². The van der Waals surface area contributed by atoms with Crippen LogP contribution in [0.5, 0.6) is 0 Å². The van der Waals surface area contributed by atoms with Gasteiger partial charge in [0.15, 0.2) is 11.5 Å². The number of aromatic nitrogens is 2. The van der Waals surface area contributed by atoms with Crippen molar-refractivity contribution in [3.8, 4) is 0 Å². The standard InChI is InChI=1S/C14H12ClF3N4O/c1-22(12-6-5-11(20-21-12)14(16,17)18)8-13(23)19-10-4-2-3-9(15)7-10/h2-7H,8H2,1H3,(H,19,23). The number of carbonyl (C=O) groups excluding carboxylic acids is 1. The highest BCUT2D eigenvalue weighted by Gasteiger charge is 2.33. The summed E-state index contributed by atoms with van der Waals surface area (Å²) in [7, 11) is 1.52. The minimum absolute atomic E-state index is 0.105. The predicted molar refractivity (Wildman–Crippen MR) is 80.4 cm³/mol. The van der Waals surface area contributed by atoms with Crippen LogP contribution in [0.3, 0.4) is 0 Å². The fraction of sp³-hybridized carbons (Fsp3) is 0.214. The topological polar surface area (TPSA) is 58.1 Å². The molecule has 0 unspecified atom stereocenters. The second-order valence-corrected chi connectivity index (χ2v) is 5.13. The summed E-state index contributed by atoms with van der Waals surface area (Å²) >= 11 is 5.81. The average molecular weight is 345 g/mol. The number of halogens is 4. The molecule has 1 aromatic carbocycles. The number of alkyl halides is 3. The lowest BCUT2D eigenvalue weighted by Gasteiger charge is -2.17. The number of carbonyl (C=O) groups is 1. The number of benzene rings is 1. The molecule has 0 spiro atoms. The molecule has 0 aliphatic carbocycles. The summed E-state index contributed by atoms with van der Waals surface area (Å²) in [6.45, 7) is -0.105. The van der Waals surface area contributed by atoms with E-state index in [0.29, 0.717) is 10.7 Å². The monoisotopic (exact) mass is 344 g/mol. The van der Waals surface area contributed by atoms with Crippen LogP contribution in [0.4, 0.5) is 24.7 Å². The number of amides is 1. The molecule has 2 aromatic rings. The second-order valence-electron chi connectivity index (χ2n) is 4.69. The summed E-state index contributed by atoms with van der Waals surface area (Å²) < 4.78 is 37.2. The summed E-state index contributed by atoms with van der Waals surface area (Å²) in [4.78, 5) is 13.3. The highest BCUT2D eigenvalue weighted by Crippen LogP contribution is 2.27. The van der Waals surface area contributed by atoms with Crippen molar-refractivity contribution >= 4 is 29.0 Å². The molecule has 0 fully saturated rings. The lowest BCUT2D eigenvalue weighted by atomic mass is 10.3. The number of anilines is 2. The number of rotatable bonds is 4. The van der Waals surface area contributed by atoms with Crippen LogP contribution < -0.4 is 10.2 Å². The molecule has 0 saturated carbocycles. The smallest absolute Gasteiger partial charge is 0.349 e. The Labute approximate surface area is 135 Å². The molecule has 2 rings (SSSR count). The molecule has 1 N–H and O–H groups in total. The minimum atomic E-state index is -4.55. The van der Waals surface area contributed by atoms with Crippen molar-refractivity contribution in [2.24, 2.45) is 0 Å². The van der Waals surface area contributed by atoms with Crippen molar-refractivity contribution in [3.63, 3.8) is 0 Å². The zero-order valence-electron chi connectivity index (χ0n) is 11.9. The van der Waals surface area contributed by atoms with Gasteiger partial charge in [0, 0.05) is 17.8 Å². The van der Waals surface area contributed by atoms with E-state index in [1.807, 2.05) is 0 Å². The van der Waals surface area contributed by atoms with Crippen LogP contribution in [0, 0.1) is 0 Å². The number of nitrogens with zero attached hydrogens (tertiary/aromatic N) is 3. The Morgan fingerprint density at radius 2 is 2.00 bits per heavy atom. The van der Waals surface area contributed by atoms with Gasteiger partial charge >= 0.3 is 6.18 Å². The molecule has 0 bridgehead atoms. The summed E-state index contributed by atoms with van der Waals surface area (Å²) in [6.07, 6.45) is -4.55. The number of hydrogen-bond acceptors (Lipinski definition) is 4. The van der Waals surface area contributed by atoms with Gasteiger partial charge in [0.25, 0.3) is 0 Å². The van der Waals surface area contributed by atoms with Gasteiger partial charge < -0.3 is 10.2 Å². The Morgan fingerprint density at radius 3 is 2.57 bits per heavy atom. The molecule has 0 aliphatic heterocycles. The molecule has 5 nitrogen and oxygen atoms in total. The SMILES string of the molecule is CN(CC(=O)Nc1cccc(Cl)c1)c1ccc(C(F)(F)F)nn1. The first kappa shape index (κ1) is 17.0. The molecule has 0 atom stereocenters. The molecule has 0 radical (unpaired) electrons. The van der Waals surface area contributed by atoms with Crippen LogP contribution in [0.2, 0.25) is 5.02 Å². The van der Waals surface area contributed by atoms with Crippen molar-refractivity contribution in [2.75, 3.05) is 23.8 Å². The molecule has 0 aliphatic rings. The zero-order chi connectivity index (χ0) is 17.0. The van der Waals surface area contributed by atoms with Gasteiger partial charge in [0.05, 0.1) is 6.54 Å². The summed E-state index contributed by atoms with van der Waals surface area (Å²) in [5.41, 5.74) is -0.563. The van der Waals surface area contributed by atoms with Gasteiger partial charge in [0.1, 0.15) is 0 Å². The highest BCUT2D eigenvalue weighted by molar-refractivity contribution is 6.30. The van der Waals surface area contributed by atoms with Gasteiger partial charge in [-0.2, -0.15) is 13.2 Å². The van der Waals surface area contributed by atoms with Crippen LogP contribution >= 0.6 is 11.6 Å². The maximum Gasteiger partial charge on any atom is 0.435 e. The maximum atomic E-state index is 12.4. The Kier molecular flexibility index (Phi) is 5.05. The lowest BCUT2D eigenvalue weighted by molar-refractivity contribution is -0.141. The first-order chi connectivity index (χ1) is 10.8. The van der Waals surface area contributed by atoms with Gasteiger partial charge in [-0.25, -0.2) is 0 Å². The Morgan fingerprint density at radius 1 is 1.26 bits per heavy atom. The van der Waals surface area contributed by atoms with Crippen LogP contribution in [0.15, 0.2) is 36.4 Å². The first-order valence-corrected chi connectivity index (χ1v) is 6.81. The quantitative estimate of drug-likeness (QED) is 0.925. The molecule has 0 saturated heterocycles. The molecule has 122 valence electrons. The van der Waals surface area contributed by atoms with Gasteiger partial charge in [-0.3, -0.25) is 4.79 Å². The Balaban J connectivity index is 1.98. The van der Waals surface area contributed by atoms with E-state index in [9.17, 15) is 18.0 Å². The summed E-state index contributed by atoms with van der Waals surface area (Å²) in [5.74, 6) is -0.212. The normalized spacial score (nSPS) is 11.2. The Hall–Kier alpha value is -2.35. The highest BCUT2D eigenvalue weighted by atomic mass is 35.5. The van der Waals surface area contributed by atoms with Gasteiger partial charge in [0.2, 0.25) is 5.91 Å². The van der Waals surface area contributed by atoms with E-state index in [1.165, 1.54) is 11.9 Å². The fourth-order valence-electron chi connectivity index (χ4n) is 1.74. The van der Waals surface area contributed by atoms with E-state index < -0.39 is 11.9 Å². The third kappa shape index (κ3) is 4.82. The lowest BCUT2D eigenvalue weighted by Crippen LogP contribution is -2.31. The second kappa shape index (κ2) is 6.82. The minimum Gasteiger partial charge on any atom is -0.349 e. The van der Waals surface area contributed by atoms with Crippen molar-refractivity contribution in [2.45, 2.75) is 6.18 Å². The van der Waals surface area contributed by atoms with Crippen LogP contribution in [0.25, 0.3) is 0 Å². The van der Waals surface area contributed by atoms with E-state index >= 15 is 0 Å². The molecule has 1 amide bonds. The molecule has 1 aromatic heterocycles. The van der Waals surface area contributed by atoms with Crippen LogP contribution in [0.1, 0.15) is 5.69 Å². The molecule has 23 heavy (non-hydrogen) atoms. The predicted octanol–water partition coefficient (Wildman–Crippen LogP) is 3.22. The molecular weight excluding hydrogens is 333 g/mol. The number of likely N-dealkylation sites (N-methyl/N-ethyl adjacent to an activating group) is 1. The van der Waals surface area contributed by atoms with E-state index in [-0.39, 0.29) is 18.3 Å².